The summed E-state index contributed by atoms with van der Waals surface area (Å²) in [4.78, 5) is 9.93. The molecule has 0 aliphatic heterocycles. The topological polar surface area (TPSA) is 29.0 Å². The maximum Gasteiger partial charge on any atom is 0.108 e. The van der Waals surface area contributed by atoms with Gasteiger partial charge < -0.3 is 4.90 Å². The second-order valence-corrected chi connectivity index (χ2v) is 2.37. The van der Waals surface area contributed by atoms with Crippen molar-refractivity contribution < 1.29 is 0 Å². The van der Waals surface area contributed by atoms with Crippen LogP contribution in [0, 0.1) is 6.20 Å². The highest BCUT2D eigenvalue weighted by atomic mass is 15.1. The van der Waals surface area contributed by atoms with Crippen LogP contribution in [0.4, 0.5) is 0 Å². The lowest BCUT2D eigenvalue weighted by Gasteiger charge is -2.06. The van der Waals surface area contributed by atoms with Gasteiger partial charge in [-0.05, 0) is 14.1 Å². The van der Waals surface area contributed by atoms with Gasteiger partial charge in [0.2, 0.25) is 0 Å². The molecule has 0 saturated heterocycles. The maximum absolute atomic E-state index is 4.06. The highest BCUT2D eigenvalue weighted by Gasteiger charge is 1.93. The van der Waals surface area contributed by atoms with E-state index in [-0.39, 0.29) is 0 Å². The first-order valence-corrected chi connectivity index (χ1v) is 3.11. The van der Waals surface area contributed by atoms with Gasteiger partial charge in [0.25, 0.3) is 0 Å². The van der Waals surface area contributed by atoms with Crippen LogP contribution < -0.4 is 0 Å². The summed E-state index contributed by atoms with van der Waals surface area (Å²) in [6, 6.07) is 0. The standard InChI is InChI=1S/C7H10N3/c1-10(2)6-7-5-8-3-4-9-7/h4-5H,6H2,1-2H3. The smallest absolute Gasteiger partial charge is 0.108 e. The van der Waals surface area contributed by atoms with Gasteiger partial charge in [-0.1, -0.05) is 0 Å². The van der Waals surface area contributed by atoms with Gasteiger partial charge in [0.1, 0.15) is 6.20 Å². The fourth-order valence-corrected chi connectivity index (χ4v) is 0.696. The van der Waals surface area contributed by atoms with Crippen molar-refractivity contribution in [2.24, 2.45) is 0 Å². The van der Waals surface area contributed by atoms with Crippen molar-refractivity contribution in [3.8, 4) is 0 Å². The third-order valence-corrected chi connectivity index (χ3v) is 1.05. The van der Waals surface area contributed by atoms with E-state index >= 15 is 0 Å². The van der Waals surface area contributed by atoms with E-state index < -0.39 is 0 Å². The molecular formula is C7H10N3. The summed E-state index contributed by atoms with van der Waals surface area (Å²) >= 11 is 0. The highest BCUT2D eigenvalue weighted by Crippen LogP contribution is 1.92. The predicted octanol–water partition coefficient (Wildman–Crippen LogP) is 0.338. The second-order valence-electron chi connectivity index (χ2n) is 2.37. The SMILES string of the molecule is CN(C)Cc1cn[c]cn1. The molecule has 0 N–H and O–H groups in total. The first-order chi connectivity index (χ1) is 4.79. The second kappa shape index (κ2) is 3.27. The zero-order valence-electron chi connectivity index (χ0n) is 6.20. The molecule has 0 aromatic carbocycles. The van der Waals surface area contributed by atoms with Gasteiger partial charge in [0.15, 0.2) is 0 Å². The van der Waals surface area contributed by atoms with Crippen LogP contribution in [0.25, 0.3) is 0 Å². The van der Waals surface area contributed by atoms with Crippen molar-refractivity contribution in [3.05, 3.63) is 24.3 Å². The van der Waals surface area contributed by atoms with Gasteiger partial charge >= 0.3 is 0 Å². The fraction of sp³-hybridized carbons (Fsp3) is 0.429. The Kier molecular flexibility index (Phi) is 2.34. The number of rotatable bonds is 2. The normalized spacial score (nSPS) is 10.3. The summed E-state index contributed by atoms with van der Waals surface area (Å²) in [5.41, 5.74) is 0.976. The van der Waals surface area contributed by atoms with Gasteiger partial charge in [-0.15, -0.1) is 0 Å². The molecular weight excluding hydrogens is 126 g/mol. The Balaban J connectivity index is 2.59. The third-order valence-electron chi connectivity index (χ3n) is 1.05. The van der Waals surface area contributed by atoms with E-state index in [4.69, 9.17) is 0 Å². The average molecular weight is 136 g/mol. The van der Waals surface area contributed by atoms with Crippen LogP contribution in [0.1, 0.15) is 5.69 Å². The molecule has 1 aromatic rings. The van der Waals surface area contributed by atoms with E-state index in [9.17, 15) is 0 Å². The quantitative estimate of drug-likeness (QED) is 0.587. The Morgan fingerprint density at radius 3 is 2.90 bits per heavy atom. The van der Waals surface area contributed by atoms with Crippen LogP contribution in [0.3, 0.4) is 0 Å². The van der Waals surface area contributed by atoms with Crippen molar-refractivity contribution in [2.45, 2.75) is 6.54 Å². The molecule has 1 heterocycles. The Bertz CT molecular complexity index is 183. The summed E-state index contributed by atoms with van der Waals surface area (Å²) < 4.78 is 0. The first-order valence-electron chi connectivity index (χ1n) is 3.11. The van der Waals surface area contributed by atoms with Gasteiger partial charge in [-0.3, -0.25) is 9.97 Å². The van der Waals surface area contributed by atoms with Crippen LogP contribution in [0.15, 0.2) is 12.4 Å². The molecule has 0 bridgehead atoms. The molecule has 0 saturated carbocycles. The molecule has 10 heavy (non-hydrogen) atoms. The van der Waals surface area contributed by atoms with Crippen LogP contribution in [0.2, 0.25) is 0 Å². The summed E-state index contributed by atoms with van der Waals surface area (Å²) in [5, 5.41) is 0. The summed E-state index contributed by atoms with van der Waals surface area (Å²) in [5.74, 6) is 0. The number of hydrogen-bond acceptors (Lipinski definition) is 3. The minimum Gasteiger partial charge on any atom is -0.304 e. The van der Waals surface area contributed by atoms with Crippen LogP contribution in [-0.4, -0.2) is 29.0 Å². The zero-order chi connectivity index (χ0) is 7.40. The lowest BCUT2D eigenvalue weighted by Crippen LogP contribution is -2.11. The third kappa shape index (κ3) is 2.11. The predicted molar refractivity (Wildman–Crippen MR) is 38.3 cm³/mol. The van der Waals surface area contributed by atoms with E-state index in [0.29, 0.717) is 0 Å². The number of hydrogen-bond donors (Lipinski definition) is 0. The van der Waals surface area contributed by atoms with Crippen molar-refractivity contribution in [1.82, 2.24) is 14.9 Å². The van der Waals surface area contributed by atoms with Crippen LogP contribution in [-0.2, 0) is 6.54 Å². The van der Waals surface area contributed by atoms with E-state index in [1.165, 1.54) is 0 Å². The van der Waals surface area contributed by atoms with Gasteiger partial charge in [0, 0.05) is 6.54 Å². The number of nitrogens with zero attached hydrogens (tertiary/aromatic N) is 3. The van der Waals surface area contributed by atoms with E-state index in [1.807, 2.05) is 19.0 Å². The molecule has 3 heteroatoms. The molecule has 0 unspecified atom stereocenters. The van der Waals surface area contributed by atoms with E-state index in [2.05, 4.69) is 16.2 Å². The molecule has 53 valence electrons. The molecule has 0 aliphatic rings. The Morgan fingerprint density at radius 1 is 1.60 bits per heavy atom. The summed E-state index contributed by atoms with van der Waals surface area (Å²) in [6.07, 6.45) is 5.93. The summed E-state index contributed by atoms with van der Waals surface area (Å²) in [7, 11) is 4.00. The fourth-order valence-electron chi connectivity index (χ4n) is 0.696. The van der Waals surface area contributed by atoms with Crippen molar-refractivity contribution in [2.75, 3.05) is 14.1 Å². The minimum absolute atomic E-state index is 0.835. The lowest BCUT2D eigenvalue weighted by atomic mass is 10.4. The van der Waals surface area contributed by atoms with Gasteiger partial charge in [0.05, 0.1) is 18.1 Å². The first kappa shape index (κ1) is 7.15. The average Bonchev–Trinajstić information content (AvgIpc) is 1.88. The highest BCUT2D eigenvalue weighted by molar-refractivity contribution is 4.92. The molecule has 1 aromatic heterocycles. The van der Waals surface area contributed by atoms with E-state index in [1.54, 1.807) is 12.4 Å². The number of aromatic nitrogens is 2. The van der Waals surface area contributed by atoms with Crippen LogP contribution in [0.5, 0.6) is 0 Å². The van der Waals surface area contributed by atoms with Crippen molar-refractivity contribution in [3.63, 3.8) is 0 Å². The molecule has 0 spiro atoms. The molecule has 1 rings (SSSR count). The molecule has 3 nitrogen and oxygen atoms in total. The van der Waals surface area contributed by atoms with Crippen LogP contribution >= 0.6 is 0 Å². The maximum atomic E-state index is 4.06. The molecule has 0 atom stereocenters. The van der Waals surface area contributed by atoms with Crippen molar-refractivity contribution in [1.29, 1.82) is 0 Å². The van der Waals surface area contributed by atoms with Gasteiger partial charge in [-0.25, -0.2) is 0 Å². The van der Waals surface area contributed by atoms with Crippen molar-refractivity contribution >= 4 is 0 Å². The molecule has 0 aliphatic carbocycles. The summed E-state index contributed by atoms with van der Waals surface area (Å²) in [6.45, 7) is 0.835. The zero-order valence-corrected chi connectivity index (χ0v) is 6.20. The minimum atomic E-state index is 0.835. The monoisotopic (exact) mass is 136 g/mol. The molecule has 0 fully saturated rings. The van der Waals surface area contributed by atoms with Gasteiger partial charge in [-0.2, -0.15) is 0 Å². The Morgan fingerprint density at radius 2 is 2.40 bits per heavy atom. The van der Waals surface area contributed by atoms with E-state index in [0.717, 1.165) is 12.2 Å². The largest absolute Gasteiger partial charge is 0.304 e. The lowest BCUT2D eigenvalue weighted by molar-refractivity contribution is 0.396. The molecule has 0 amide bonds. The molecule has 1 radical (unpaired) electrons. The Labute approximate surface area is 60.7 Å². The Hall–Kier alpha value is -0.960.